The second-order valence-electron chi connectivity index (χ2n) is 17.0. The number of nitrogens with one attached hydrogen (secondary N) is 2. The fourth-order valence-electron chi connectivity index (χ4n) is 9.33. The molecule has 10 rings (SSSR count). The fraction of sp³-hybridized carbons (Fsp3) is 0.333. The first-order chi connectivity index (χ1) is 31.8. The van der Waals surface area contributed by atoms with Crippen molar-refractivity contribution in [1.29, 1.82) is 0 Å². The van der Waals surface area contributed by atoms with Gasteiger partial charge in [0.05, 0.1) is 58.0 Å². The van der Waals surface area contributed by atoms with Crippen LogP contribution in [0.25, 0.3) is 44.6 Å². The summed E-state index contributed by atoms with van der Waals surface area (Å²) in [7, 11) is 0. The van der Waals surface area contributed by atoms with Gasteiger partial charge in [-0.1, -0.05) is 26.7 Å². The van der Waals surface area contributed by atoms with Gasteiger partial charge in [-0.2, -0.15) is 0 Å². The summed E-state index contributed by atoms with van der Waals surface area (Å²) in [5.41, 5.74) is 1.43. The number of benzene rings is 2. The van der Waals surface area contributed by atoms with Crippen molar-refractivity contribution in [3.63, 3.8) is 0 Å². The molecule has 18 heteroatoms. The van der Waals surface area contributed by atoms with E-state index < -0.39 is 35.3 Å². The summed E-state index contributed by atoms with van der Waals surface area (Å²) in [5.74, 6) is -0.918. The van der Waals surface area contributed by atoms with Crippen molar-refractivity contribution in [3.05, 3.63) is 115 Å². The van der Waals surface area contributed by atoms with E-state index in [1.54, 1.807) is 71.5 Å². The Morgan fingerprint density at radius 1 is 0.636 bits per heavy atom. The molecule has 4 aliphatic heterocycles. The maximum absolute atomic E-state index is 13.5. The number of amides is 2. The molecule has 0 fully saturated rings. The molecule has 18 nitrogen and oxygen atoms in total. The van der Waals surface area contributed by atoms with Crippen LogP contribution in [-0.4, -0.2) is 66.5 Å². The molecule has 0 radical (unpaired) electrons. The normalized spacial score (nSPS) is 18.6. The largest absolute Gasteiger partial charge is 0.458 e. The van der Waals surface area contributed by atoms with E-state index in [-0.39, 0.29) is 72.5 Å². The predicted octanol–water partition coefficient (Wildman–Crippen LogP) is 4.91. The molecule has 2 atom stereocenters. The highest BCUT2D eigenvalue weighted by Gasteiger charge is 2.47. The number of aromatic nitrogens is 4. The highest BCUT2D eigenvalue weighted by atomic mass is 16.6. The van der Waals surface area contributed by atoms with E-state index >= 15 is 0 Å². The number of nitrogens with zero attached hydrogens (tertiary/aromatic N) is 4. The minimum Gasteiger partial charge on any atom is -0.458 e. The molecule has 66 heavy (non-hydrogen) atoms. The topological polar surface area (TPSA) is 239 Å². The number of aliphatic hydroxyl groups is 2. The molecule has 0 spiro atoms. The summed E-state index contributed by atoms with van der Waals surface area (Å²) in [4.78, 5) is 86.7. The SMILES string of the molecule is CC[C@]1(O)C(=O)OCc2c1cc1n(c2=O)Cc2cc3cc(OC(=O)NCCCCCCNC(=O)Oc4ccc5nc6c(cc5c4)Cn4c-6cc5c(c4=O)COC(=O)[C@@]5(O)CC)ccc3nc2-1. The van der Waals surface area contributed by atoms with Crippen LogP contribution in [0.4, 0.5) is 9.59 Å². The lowest BCUT2D eigenvalue weighted by Crippen LogP contribution is -2.44. The van der Waals surface area contributed by atoms with Crippen LogP contribution in [0.5, 0.6) is 11.5 Å². The highest BCUT2D eigenvalue weighted by molar-refractivity contribution is 5.89. The minimum atomic E-state index is -1.91. The van der Waals surface area contributed by atoms with Gasteiger partial charge in [0.15, 0.2) is 11.2 Å². The number of unbranched alkanes of at least 4 members (excludes halogenated alkanes) is 3. The average Bonchev–Trinajstić information content (AvgIpc) is 3.86. The van der Waals surface area contributed by atoms with Gasteiger partial charge in [-0.3, -0.25) is 9.59 Å². The number of carbonyl (C=O) groups is 4. The first kappa shape index (κ1) is 42.5. The second kappa shape index (κ2) is 16.2. The molecule has 8 heterocycles. The number of rotatable bonds is 11. The third-order valence-corrected chi connectivity index (χ3v) is 13.0. The number of fused-ring (bicyclic) bond motifs is 10. The van der Waals surface area contributed by atoms with Crippen LogP contribution in [0.2, 0.25) is 0 Å². The maximum atomic E-state index is 13.5. The Morgan fingerprint density at radius 3 is 1.47 bits per heavy atom. The Balaban J connectivity index is 0.673. The van der Waals surface area contributed by atoms with Crippen LogP contribution in [0.1, 0.15) is 85.8 Å². The molecule has 338 valence electrons. The zero-order chi connectivity index (χ0) is 46.1. The number of cyclic esters (lactones) is 2. The van der Waals surface area contributed by atoms with E-state index in [1.165, 1.54) is 0 Å². The lowest BCUT2D eigenvalue weighted by Gasteiger charge is -2.31. The molecular formula is C48H44N6O12. The second-order valence-corrected chi connectivity index (χ2v) is 17.0. The minimum absolute atomic E-state index is 0.0529. The van der Waals surface area contributed by atoms with E-state index in [1.807, 2.05) is 12.1 Å². The molecule has 0 bridgehead atoms. The summed E-state index contributed by atoms with van der Waals surface area (Å²) in [5, 5.41) is 29.2. The smallest absolute Gasteiger partial charge is 0.412 e. The van der Waals surface area contributed by atoms with Crippen molar-refractivity contribution in [2.75, 3.05) is 13.1 Å². The Labute approximate surface area is 375 Å². The standard InChI is InChI=1S/C48H44N6O12/c1-3-47(61)33-19-37-39-27(21-53(37)41(55)31(33)23-63-43(47)57)15-25-17-29(9-11-35(25)51-39)65-45(59)49-13-7-5-6-8-14-50-46(60)66-30-10-12-36-26(18-30)16-28-22-54-38(40(28)52-36)20-34-32(42(54)56)24-64-44(58)48(34,62)4-2/h9-12,15-20,61-62H,3-8,13-14,21-24H2,1-2H3,(H,49,59)(H,50,60)/t47-,48-/m1/s1. The summed E-state index contributed by atoms with van der Waals surface area (Å²) < 4.78 is 24.5. The lowest BCUT2D eigenvalue weighted by molar-refractivity contribution is -0.172. The molecule has 6 aromatic rings. The van der Waals surface area contributed by atoms with Gasteiger partial charge < -0.3 is 48.9 Å². The molecule has 0 saturated heterocycles. The molecule has 0 aliphatic carbocycles. The van der Waals surface area contributed by atoms with Crippen LogP contribution in [0.15, 0.2) is 70.3 Å². The van der Waals surface area contributed by atoms with Crippen molar-refractivity contribution < 1.29 is 48.3 Å². The summed E-state index contributed by atoms with van der Waals surface area (Å²) in [6.45, 7) is 4.17. The molecule has 2 amide bonds. The van der Waals surface area contributed by atoms with Gasteiger partial charge >= 0.3 is 24.1 Å². The number of hydrogen-bond donors (Lipinski definition) is 4. The molecule has 4 N–H and O–H groups in total. The molecule has 0 saturated carbocycles. The van der Waals surface area contributed by atoms with Crippen LogP contribution >= 0.6 is 0 Å². The van der Waals surface area contributed by atoms with Crippen molar-refractivity contribution in [2.45, 2.75) is 89.9 Å². The number of carbonyl (C=O) groups excluding carboxylic acids is 4. The first-order valence-electron chi connectivity index (χ1n) is 21.9. The number of ether oxygens (including phenoxy) is 4. The monoisotopic (exact) mass is 896 g/mol. The third kappa shape index (κ3) is 7.03. The lowest BCUT2D eigenvalue weighted by atomic mass is 9.86. The van der Waals surface area contributed by atoms with Crippen LogP contribution in [0, 0.1) is 0 Å². The van der Waals surface area contributed by atoms with Gasteiger partial charge in [0.1, 0.15) is 24.7 Å². The zero-order valence-electron chi connectivity index (χ0n) is 36.0. The predicted molar refractivity (Wildman–Crippen MR) is 236 cm³/mol. The van der Waals surface area contributed by atoms with Gasteiger partial charge in [-0.05, 0) is 86.3 Å². The summed E-state index contributed by atoms with van der Waals surface area (Å²) in [6.07, 6.45) is 1.87. The van der Waals surface area contributed by atoms with E-state index in [9.17, 15) is 39.0 Å². The van der Waals surface area contributed by atoms with E-state index in [0.29, 0.717) is 82.0 Å². The first-order valence-corrected chi connectivity index (χ1v) is 21.9. The zero-order valence-corrected chi connectivity index (χ0v) is 36.0. The van der Waals surface area contributed by atoms with E-state index in [0.717, 1.165) is 24.0 Å². The van der Waals surface area contributed by atoms with E-state index in [2.05, 4.69) is 10.6 Å². The molecule has 4 aliphatic rings. The summed E-state index contributed by atoms with van der Waals surface area (Å²) in [6, 6.07) is 17.2. The maximum Gasteiger partial charge on any atom is 0.412 e. The van der Waals surface area contributed by atoms with Gasteiger partial charge in [-0.25, -0.2) is 29.1 Å². The van der Waals surface area contributed by atoms with Crippen molar-refractivity contribution >= 4 is 45.9 Å². The van der Waals surface area contributed by atoms with Crippen LogP contribution in [-0.2, 0) is 56.6 Å². The highest BCUT2D eigenvalue weighted by Crippen LogP contribution is 2.41. The molecule has 0 unspecified atom stereocenters. The van der Waals surface area contributed by atoms with Gasteiger partial charge in [0, 0.05) is 46.1 Å². The average molecular weight is 897 g/mol. The van der Waals surface area contributed by atoms with Crippen molar-refractivity contribution in [3.8, 4) is 34.3 Å². The van der Waals surface area contributed by atoms with Crippen molar-refractivity contribution in [1.82, 2.24) is 29.7 Å². The molecular weight excluding hydrogens is 853 g/mol. The van der Waals surface area contributed by atoms with Gasteiger partial charge in [-0.15, -0.1) is 0 Å². The van der Waals surface area contributed by atoms with Gasteiger partial charge in [0.25, 0.3) is 11.1 Å². The molecule has 2 aromatic carbocycles. The van der Waals surface area contributed by atoms with Crippen molar-refractivity contribution in [2.24, 2.45) is 0 Å². The quantitative estimate of drug-likeness (QED) is 0.0997. The van der Waals surface area contributed by atoms with Crippen LogP contribution in [0.3, 0.4) is 0 Å². The number of esters is 2. The molecule has 4 aromatic heterocycles. The number of hydrogen-bond acceptors (Lipinski definition) is 14. The fourth-order valence-corrected chi connectivity index (χ4v) is 9.33. The Bertz CT molecular complexity index is 3000. The van der Waals surface area contributed by atoms with Crippen LogP contribution < -0.4 is 31.2 Å². The third-order valence-electron chi connectivity index (χ3n) is 13.0. The number of pyridine rings is 4. The Morgan fingerprint density at radius 2 is 1.06 bits per heavy atom. The Hall–Kier alpha value is -7.44. The summed E-state index contributed by atoms with van der Waals surface area (Å²) >= 11 is 0. The van der Waals surface area contributed by atoms with Gasteiger partial charge in [0.2, 0.25) is 0 Å². The van der Waals surface area contributed by atoms with E-state index in [4.69, 9.17) is 28.9 Å². The Kier molecular flexibility index (Phi) is 10.4.